The Kier molecular flexibility index (Phi) is 5.76. The van der Waals surface area contributed by atoms with E-state index in [1.807, 2.05) is 0 Å². The second-order valence-corrected chi connectivity index (χ2v) is 6.88. The van der Waals surface area contributed by atoms with Crippen LogP contribution < -0.4 is 10.1 Å². The summed E-state index contributed by atoms with van der Waals surface area (Å²) >= 11 is 5.92. The summed E-state index contributed by atoms with van der Waals surface area (Å²) in [5.41, 5.74) is 1.23. The van der Waals surface area contributed by atoms with Crippen molar-refractivity contribution in [1.82, 2.24) is 19.6 Å². The van der Waals surface area contributed by atoms with Crippen LogP contribution in [0.25, 0.3) is 0 Å². The number of nitrogens with one attached hydrogen (secondary N) is 1. The highest BCUT2D eigenvalue weighted by molar-refractivity contribution is 6.30. The monoisotopic (exact) mass is 425 g/mol. The zero-order valence-electron chi connectivity index (χ0n) is 15.7. The first-order valence-corrected chi connectivity index (χ1v) is 9.44. The van der Waals surface area contributed by atoms with E-state index in [0.717, 1.165) is 0 Å². The molecule has 0 aliphatic carbocycles. The van der Waals surface area contributed by atoms with Gasteiger partial charge in [-0.15, -0.1) is 0 Å². The molecule has 152 valence electrons. The molecule has 9 heteroatoms. The standard InChI is InChI=1S/C21H17ClFN5O2/c22-16-5-3-6-18(10-16)30-14-27-9-8-20(26-27)21(29)25-17-11-24-28(13-17)12-15-4-1-2-7-19(15)23/h1-11,13H,12,14H2,(H,25,29). The molecule has 0 aliphatic rings. The van der Waals surface area contributed by atoms with Gasteiger partial charge in [-0.1, -0.05) is 35.9 Å². The molecular weight excluding hydrogens is 409 g/mol. The molecule has 7 nitrogen and oxygen atoms in total. The number of nitrogens with zero attached hydrogens (tertiary/aromatic N) is 4. The van der Waals surface area contributed by atoms with E-state index >= 15 is 0 Å². The summed E-state index contributed by atoms with van der Waals surface area (Å²) in [5.74, 6) is -0.0858. The molecule has 4 aromatic rings. The summed E-state index contributed by atoms with van der Waals surface area (Å²) in [6.07, 6.45) is 4.77. The molecule has 30 heavy (non-hydrogen) atoms. The maximum absolute atomic E-state index is 13.8. The maximum atomic E-state index is 13.8. The van der Waals surface area contributed by atoms with E-state index in [2.05, 4.69) is 15.5 Å². The van der Waals surface area contributed by atoms with Crippen molar-refractivity contribution in [2.75, 3.05) is 5.32 Å². The van der Waals surface area contributed by atoms with Gasteiger partial charge in [0.2, 0.25) is 0 Å². The van der Waals surface area contributed by atoms with Gasteiger partial charge in [0.25, 0.3) is 5.91 Å². The van der Waals surface area contributed by atoms with Gasteiger partial charge >= 0.3 is 0 Å². The van der Waals surface area contributed by atoms with Gasteiger partial charge in [-0.3, -0.25) is 9.48 Å². The van der Waals surface area contributed by atoms with Crippen molar-refractivity contribution in [2.45, 2.75) is 13.3 Å². The third-order valence-electron chi connectivity index (χ3n) is 4.21. The lowest BCUT2D eigenvalue weighted by molar-refractivity contribution is 0.102. The maximum Gasteiger partial charge on any atom is 0.276 e. The van der Waals surface area contributed by atoms with E-state index in [4.69, 9.17) is 16.3 Å². The fourth-order valence-corrected chi connectivity index (χ4v) is 2.94. The van der Waals surface area contributed by atoms with Gasteiger partial charge in [-0.05, 0) is 30.3 Å². The van der Waals surface area contributed by atoms with Gasteiger partial charge < -0.3 is 10.1 Å². The van der Waals surface area contributed by atoms with Gasteiger partial charge in [0, 0.05) is 23.0 Å². The summed E-state index contributed by atoms with van der Waals surface area (Å²) in [6, 6.07) is 15.1. The van der Waals surface area contributed by atoms with Crippen LogP contribution in [0.2, 0.25) is 5.02 Å². The minimum Gasteiger partial charge on any atom is -0.471 e. The molecule has 0 fully saturated rings. The van der Waals surface area contributed by atoms with Crippen molar-refractivity contribution < 1.29 is 13.9 Å². The number of rotatable bonds is 7. The number of halogens is 2. The zero-order chi connectivity index (χ0) is 20.9. The van der Waals surface area contributed by atoms with E-state index in [-0.39, 0.29) is 30.7 Å². The normalized spacial score (nSPS) is 10.7. The van der Waals surface area contributed by atoms with E-state index in [1.54, 1.807) is 65.6 Å². The predicted molar refractivity (Wildman–Crippen MR) is 110 cm³/mol. The number of hydrogen-bond acceptors (Lipinski definition) is 4. The first-order chi connectivity index (χ1) is 14.6. The van der Waals surface area contributed by atoms with Gasteiger partial charge in [0.05, 0.1) is 18.4 Å². The van der Waals surface area contributed by atoms with Crippen LogP contribution in [0, 0.1) is 5.82 Å². The minimum atomic E-state index is -0.387. The molecular formula is C21H17ClFN5O2. The molecule has 0 atom stereocenters. The fraction of sp³-hybridized carbons (Fsp3) is 0.0952. The number of hydrogen-bond donors (Lipinski definition) is 1. The van der Waals surface area contributed by atoms with E-state index in [9.17, 15) is 9.18 Å². The predicted octanol–water partition coefficient (Wildman–Crippen LogP) is 4.21. The van der Waals surface area contributed by atoms with Crippen LogP contribution in [-0.2, 0) is 13.3 Å². The number of anilines is 1. The second-order valence-electron chi connectivity index (χ2n) is 6.44. The number of carbonyl (C=O) groups excluding carboxylic acids is 1. The van der Waals surface area contributed by atoms with Gasteiger partial charge in [0.1, 0.15) is 11.6 Å². The molecule has 1 N–H and O–H groups in total. The van der Waals surface area contributed by atoms with Crippen molar-refractivity contribution in [2.24, 2.45) is 0 Å². The summed E-state index contributed by atoms with van der Waals surface area (Å²) in [5, 5.41) is 11.6. The smallest absolute Gasteiger partial charge is 0.276 e. The topological polar surface area (TPSA) is 74.0 Å². The molecule has 2 heterocycles. The fourth-order valence-electron chi connectivity index (χ4n) is 2.76. The third kappa shape index (κ3) is 4.84. The van der Waals surface area contributed by atoms with E-state index in [0.29, 0.717) is 22.0 Å². The Morgan fingerprint density at radius 2 is 2.00 bits per heavy atom. The first kappa shape index (κ1) is 19.7. The van der Waals surface area contributed by atoms with Gasteiger partial charge in [0.15, 0.2) is 12.4 Å². The average molecular weight is 426 g/mol. The third-order valence-corrected chi connectivity index (χ3v) is 4.45. The largest absolute Gasteiger partial charge is 0.471 e. The number of aromatic nitrogens is 4. The van der Waals surface area contributed by atoms with Crippen molar-refractivity contribution in [3.8, 4) is 5.75 Å². The minimum absolute atomic E-state index is 0.133. The molecule has 4 rings (SSSR count). The first-order valence-electron chi connectivity index (χ1n) is 9.06. The molecule has 2 aromatic carbocycles. The van der Waals surface area contributed by atoms with Crippen LogP contribution in [0.15, 0.2) is 73.2 Å². The quantitative estimate of drug-likeness (QED) is 0.481. The zero-order valence-corrected chi connectivity index (χ0v) is 16.5. The average Bonchev–Trinajstić information content (AvgIpc) is 3.38. The van der Waals surface area contributed by atoms with Crippen LogP contribution in [0.5, 0.6) is 5.75 Å². The second kappa shape index (κ2) is 8.79. The van der Waals surface area contributed by atoms with Crippen LogP contribution in [0.3, 0.4) is 0 Å². The molecule has 0 saturated heterocycles. The SMILES string of the molecule is O=C(Nc1cnn(Cc2ccccc2F)c1)c1ccn(COc2cccc(Cl)c2)n1. The van der Waals surface area contributed by atoms with Crippen molar-refractivity contribution >= 4 is 23.2 Å². The van der Waals surface area contributed by atoms with E-state index < -0.39 is 0 Å². The van der Waals surface area contributed by atoms with Gasteiger partial charge in [-0.2, -0.15) is 10.2 Å². The Hall–Kier alpha value is -3.65. The molecule has 2 aromatic heterocycles. The van der Waals surface area contributed by atoms with Crippen LogP contribution in [0.4, 0.5) is 10.1 Å². The highest BCUT2D eigenvalue weighted by Crippen LogP contribution is 2.17. The van der Waals surface area contributed by atoms with E-state index in [1.165, 1.54) is 16.9 Å². The molecule has 0 bridgehead atoms. The summed E-state index contributed by atoms with van der Waals surface area (Å²) < 4.78 is 22.4. The Morgan fingerprint density at radius 3 is 2.83 bits per heavy atom. The Morgan fingerprint density at radius 1 is 1.13 bits per heavy atom. The van der Waals surface area contributed by atoms with Crippen LogP contribution in [-0.4, -0.2) is 25.5 Å². The number of amides is 1. The summed E-state index contributed by atoms with van der Waals surface area (Å²) in [7, 11) is 0. The van der Waals surface area contributed by atoms with Crippen molar-refractivity contribution in [3.05, 3.63) is 95.3 Å². The Bertz CT molecular complexity index is 1170. The van der Waals surface area contributed by atoms with Crippen molar-refractivity contribution in [1.29, 1.82) is 0 Å². The highest BCUT2D eigenvalue weighted by Gasteiger charge is 2.12. The molecule has 0 saturated carbocycles. The number of carbonyl (C=O) groups is 1. The lowest BCUT2D eigenvalue weighted by atomic mass is 10.2. The lowest BCUT2D eigenvalue weighted by Gasteiger charge is -2.06. The molecule has 0 aliphatic heterocycles. The summed E-state index contributed by atoms with van der Waals surface area (Å²) in [4.78, 5) is 12.4. The Labute approximate surface area is 176 Å². The lowest BCUT2D eigenvalue weighted by Crippen LogP contribution is -2.14. The number of ether oxygens (including phenoxy) is 1. The molecule has 1 amide bonds. The number of benzene rings is 2. The van der Waals surface area contributed by atoms with Crippen LogP contribution >= 0.6 is 11.6 Å². The van der Waals surface area contributed by atoms with Gasteiger partial charge in [-0.25, -0.2) is 9.07 Å². The summed E-state index contributed by atoms with van der Waals surface area (Å²) in [6.45, 7) is 0.395. The van der Waals surface area contributed by atoms with Crippen molar-refractivity contribution in [3.63, 3.8) is 0 Å². The molecule has 0 unspecified atom stereocenters. The molecule has 0 radical (unpaired) electrons. The Balaban J connectivity index is 1.34. The van der Waals surface area contributed by atoms with Crippen LogP contribution in [0.1, 0.15) is 16.1 Å². The highest BCUT2D eigenvalue weighted by atomic mass is 35.5. The molecule has 0 spiro atoms.